The number of carbonyl (C=O) groups is 2. The fourth-order valence-electron chi connectivity index (χ4n) is 3.97. The van der Waals surface area contributed by atoms with Gasteiger partial charge in [0.25, 0.3) is 0 Å². The van der Waals surface area contributed by atoms with E-state index in [1.807, 2.05) is 66.7 Å². The molecule has 0 saturated heterocycles. The lowest BCUT2D eigenvalue weighted by atomic mass is 9.96. The lowest BCUT2D eigenvalue weighted by molar-refractivity contribution is -0.131. The van der Waals surface area contributed by atoms with Crippen LogP contribution in [0.3, 0.4) is 0 Å². The fourth-order valence-corrected chi connectivity index (χ4v) is 3.97. The van der Waals surface area contributed by atoms with Gasteiger partial charge in [-0.05, 0) is 17.7 Å². The molecule has 5 aromatic rings. The average molecular weight is 432 g/mol. The molecule has 0 fully saturated rings. The maximum atomic E-state index is 13.3. The van der Waals surface area contributed by atoms with Crippen molar-refractivity contribution in [1.29, 1.82) is 0 Å². The summed E-state index contributed by atoms with van der Waals surface area (Å²) >= 11 is 0. The highest BCUT2D eigenvalue weighted by Gasteiger charge is 2.23. The minimum atomic E-state index is -0.496. The molecule has 33 heavy (non-hydrogen) atoms. The van der Waals surface area contributed by atoms with Crippen molar-refractivity contribution in [1.82, 2.24) is 0 Å². The SMILES string of the molecule is CC(=O)Oc1cc2c(-c3ccccc3)c(-c3ccccc3)oc2cc1C(=O)c1ccccc1. The predicted molar refractivity (Wildman–Crippen MR) is 128 cm³/mol. The summed E-state index contributed by atoms with van der Waals surface area (Å²) in [5.74, 6) is 0.161. The lowest BCUT2D eigenvalue weighted by Gasteiger charge is -2.09. The van der Waals surface area contributed by atoms with Crippen molar-refractivity contribution in [3.63, 3.8) is 0 Å². The molecule has 0 spiro atoms. The molecule has 160 valence electrons. The maximum absolute atomic E-state index is 13.3. The van der Waals surface area contributed by atoms with Gasteiger partial charge in [-0.15, -0.1) is 0 Å². The Morgan fingerprint density at radius 3 is 1.91 bits per heavy atom. The van der Waals surface area contributed by atoms with Crippen LogP contribution in [-0.2, 0) is 4.79 Å². The number of ether oxygens (including phenoxy) is 1. The van der Waals surface area contributed by atoms with Crippen molar-refractivity contribution in [2.45, 2.75) is 6.92 Å². The Balaban J connectivity index is 1.79. The number of esters is 1. The van der Waals surface area contributed by atoms with Crippen LogP contribution in [0.5, 0.6) is 5.75 Å². The number of carbonyl (C=O) groups excluding carboxylic acids is 2. The van der Waals surface area contributed by atoms with E-state index >= 15 is 0 Å². The smallest absolute Gasteiger partial charge is 0.308 e. The summed E-state index contributed by atoms with van der Waals surface area (Å²) in [4.78, 5) is 25.2. The molecule has 5 rings (SSSR count). The van der Waals surface area contributed by atoms with Crippen LogP contribution >= 0.6 is 0 Å². The second-order valence-electron chi connectivity index (χ2n) is 7.67. The number of hydrogen-bond donors (Lipinski definition) is 0. The van der Waals surface area contributed by atoms with Gasteiger partial charge in [-0.1, -0.05) is 91.0 Å². The van der Waals surface area contributed by atoms with E-state index in [4.69, 9.17) is 9.15 Å². The molecule has 0 aliphatic heterocycles. The van der Waals surface area contributed by atoms with Crippen LogP contribution in [0.1, 0.15) is 22.8 Å². The molecule has 0 N–H and O–H groups in total. The third-order valence-corrected chi connectivity index (χ3v) is 5.42. The third kappa shape index (κ3) is 3.94. The summed E-state index contributed by atoms with van der Waals surface area (Å²) in [7, 11) is 0. The van der Waals surface area contributed by atoms with E-state index in [0.29, 0.717) is 16.9 Å². The molecule has 0 atom stereocenters. The van der Waals surface area contributed by atoms with Gasteiger partial charge >= 0.3 is 5.97 Å². The fraction of sp³-hybridized carbons (Fsp3) is 0.0345. The predicted octanol–water partition coefficient (Wildman–Crippen LogP) is 6.92. The number of rotatable bonds is 5. The molecule has 4 nitrogen and oxygen atoms in total. The van der Waals surface area contributed by atoms with E-state index in [-0.39, 0.29) is 17.1 Å². The highest BCUT2D eigenvalue weighted by Crippen LogP contribution is 2.43. The van der Waals surface area contributed by atoms with Crippen molar-refractivity contribution < 1.29 is 18.7 Å². The van der Waals surface area contributed by atoms with Gasteiger partial charge in [-0.3, -0.25) is 9.59 Å². The Hall–Kier alpha value is -4.44. The number of fused-ring (bicyclic) bond motifs is 1. The molecule has 0 saturated carbocycles. The van der Waals surface area contributed by atoms with E-state index in [9.17, 15) is 9.59 Å². The van der Waals surface area contributed by atoms with E-state index in [1.165, 1.54) is 6.92 Å². The summed E-state index contributed by atoms with van der Waals surface area (Å²) in [6.45, 7) is 1.32. The quantitative estimate of drug-likeness (QED) is 0.172. The van der Waals surface area contributed by atoms with Crippen LogP contribution in [0.15, 0.2) is 108 Å². The normalized spacial score (nSPS) is 10.8. The zero-order chi connectivity index (χ0) is 22.8. The molecule has 1 heterocycles. The van der Waals surface area contributed by atoms with Crippen LogP contribution < -0.4 is 4.74 Å². The Kier molecular flexibility index (Phi) is 5.33. The average Bonchev–Trinajstić information content (AvgIpc) is 3.23. The first-order valence-corrected chi connectivity index (χ1v) is 10.6. The van der Waals surface area contributed by atoms with E-state index < -0.39 is 5.97 Å². The van der Waals surface area contributed by atoms with Crippen LogP contribution in [0.2, 0.25) is 0 Å². The highest BCUT2D eigenvalue weighted by atomic mass is 16.5. The van der Waals surface area contributed by atoms with E-state index in [0.717, 1.165) is 22.1 Å². The largest absolute Gasteiger partial charge is 0.455 e. The number of furan rings is 1. The first-order chi connectivity index (χ1) is 16.1. The third-order valence-electron chi connectivity index (χ3n) is 5.42. The maximum Gasteiger partial charge on any atom is 0.308 e. The first-order valence-electron chi connectivity index (χ1n) is 10.6. The van der Waals surface area contributed by atoms with Gasteiger partial charge in [-0.25, -0.2) is 0 Å². The molecule has 1 aromatic heterocycles. The topological polar surface area (TPSA) is 56.5 Å². The van der Waals surface area contributed by atoms with E-state index in [2.05, 4.69) is 0 Å². The summed E-state index contributed by atoms with van der Waals surface area (Å²) < 4.78 is 11.8. The molecule has 0 aliphatic carbocycles. The van der Waals surface area contributed by atoms with Crippen molar-refractivity contribution in [2.75, 3.05) is 0 Å². The minimum absolute atomic E-state index is 0.210. The monoisotopic (exact) mass is 432 g/mol. The van der Waals surface area contributed by atoms with Crippen molar-refractivity contribution in [3.05, 3.63) is 114 Å². The van der Waals surface area contributed by atoms with Crippen LogP contribution in [0, 0.1) is 0 Å². The Morgan fingerprint density at radius 1 is 0.727 bits per heavy atom. The molecule has 0 radical (unpaired) electrons. The number of ketones is 1. The first kappa shape index (κ1) is 20.5. The highest BCUT2D eigenvalue weighted by molar-refractivity contribution is 6.14. The Labute approximate surface area is 191 Å². The molecule has 4 aromatic carbocycles. The molecular formula is C29H20O4. The van der Waals surface area contributed by atoms with Gasteiger partial charge in [0.1, 0.15) is 17.1 Å². The summed E-state index contributed by atoms with van der Waals surface area (Å²) in [5.41, 5.74) is 4.08. The second-order valence-corrected chi connectivity index (χ2v) is 7.67. The molecular weight excluding hydrogens is 412 g/mol. The lowest BCUT2D eigenvalue weighted by Crippen LogP contribution is -2.08. The number of benzene rings is 4. The van der Waals surface area contributed by atoms with Crippen molar-refractivity contribution in [2.24, 2.45) is 0 Å². The zero-order valence-corrected chi connectivity index (χ0v) is 17.9. The van der Waals surface area contributed by atoms with Gasteiger partial charge in [0.2, 0.25) is 0 Å². The molecule has 0 aliphatic rings. The number of hydrogen-bond acceptors (Lipinski definition) is 4. The van der Waals surface area contributed by atoms with Crippen molar-refractivity contribution >= 4 is 22.7 Å². The van der Waals surface area contributed by atoms with Gasteiger partial charge in [-0.2, -0.15) is 0 Å². The van der Waals surface area contributed by atoms with Gasteiger partial charge < -0.3 is 9.15 Å². The van der Waals surface area contributed by atoms with Gasteiger partial charge in [0.05, 0.1) is 5.56 Å². The van der Waals surface area contributed by atoms with Gasteiger partial charge in [0, 0.05) is 29.0 Å². The summed E-state index contributed by atoms with van der Waals surface area (Å²) in [6.07, 6.45) is 0. The summed E-state index contributed by atoms with van der Waals surface area (Å²) in [6, 6.07) is 32.0. The Morgan fingerprint density at radius 2 is 1.30 bits per heavy atom. The van der Waals surface area contributed by atoms with E-state index in [1.54, 1.807) is 36.4 Å². The van der Waals surface area contributed by atoms with Crippen LogP contribution in [-0.4, -0.2) is 11.8 Å². The van der Waals surface area contributed by atoms with Gasteiger partial charge in [0.15, 0.2) is 5.78 Å². The van der Waals surface area contributed by atoms with Crippen LogP contribution in [0.25, 0.3) is 33.4 Å². The zero-order valence-electron chi connectivity index (χ0n) is 17.9. The molecule has 0 bridgehead atoms. The molecule has 0 unspecified atom stereocenters. The second kappa shape index (κ2) is 8.60. The van der Waals surface area contributed by atoms with Crippen molar-refractivity contribution in [3.8, 4) is 28.2 Å². The standard InChI is InChI=1S/C29H20O4/c1-19(30)32-26-17-23-25(18-24(26)28(31)21-13-7-3-8-14-21)33-29(22-15-9-4-10-16-22)27(23)20-11-5-2-6-12-20/h2-18H,1H3. The molecule has 4 heteroatoms. The summed E-state index contributed by atoms with van der Waals surface area (Å²) in [5, 5.41) is 0.765. The molecule has 0 amide bonds. The van der Waals surface area contributed by atoms with Crippen LogP contribution in [0.4, 0.5) is 0 Å². The Bertz CT molecular complexity index is 1450. The minimum Gasteiger partial charge on any atom is -0.455 e.